The molecule has 1 heterocycles. The minimum Gasteiger partial charge on any atom is -0.468 e. The van der Waals surface area contributed by atoms with E-state index in [4.69, 9.17) is 4.42 Å². The van der Waals surface area contributed by atoms with E-state index in [0.29, 0.717) is 0 Å². The summed E-state index contributed by atoms with van der Waals surface area (Å²) < 4.78 is 5.47. The van der Waals surface area contributed by atoms with Crippen LogP contribution in [-0.4, -0.2) is 30.1 Å². The molecule has 0 spiro atoms. The summed E-state index contributed by atoms with van der Waals surface area (Å²) >= 11 is 0. The second-order valence-corrected chi connectivity index (χ2v) is 6.07. The number of nitrogens with one attached hydrogen (secondary N) is 1. The zero-order chi connectivity index (χ0) is 12.9. The fraction of sp³-hybridized carbons (Fsp3) is 0.750. The largest absolute Gasteiger partial charge is 0.468 e. The minimum absolute atomic E-state index is 0.805. The van der Waals surface area contributed by atoms with E-state index in [2.05, 4.69) is 16.3 Å². The van der Waals surface area contributed by atoms with Gasteiger partial charge in [-0.1, -0.05) is 12.8 Å². The molecular formula is C16H26N2O. The van der Waals surface area contributed by atoms with E-state index in [0.717, 1.165) is 24.4 Å². The summed E-state index contributed by atoms with van der Waals surface area (Å²) in [7, 11) is 0. The molecular weight excluding hydrogens is 236 g/mol. The van der Waals surface area contributed by atoms with Crippen LogP contribution in [-0.2, 0) is 6.54 Å². The Balaban J connectivity index is 1.36. The predicted molar refractivity (Wildman–Crippen MR) is 77.0 cm³/mol. The Morgan fingerprint density at radius 2 is 2.05 bits per heavy atom. The second kappa shape index (κ2) is 6.58. The lowest BCUT2D eigenvalue weighted by Crippen LogP contribution is -2.32. The highest BCUT2D eigenvalue weighted by Crippen LogP contribution is 2.28. The normalized spacial score (nSPS) is 20.5. The number of furan rings is 1. The summed E-state index contributed by atoms with van der Waals surface area (Å²) in [5.74, 6) is 1.11. The number of nitrogens with zero attached hydrogens (tertiary/aromatic N) is 1. The van der Waals surface area contributed by atoms with Crippen molar-refractivity contribution in [1.82, 2.24) is 10.2 Å². The first-order chi connectivity index (χ1) is 9.42. The quantitative estimate of drug-likeness (QED) is 0.729. The van der Waals surface area contributed by atoms with Gasteiger partial charge in [-0.05, 0) is 50.8 Å². The number of hydrogen-bond acceptors (Lipinski definition) is 3. The van der Waals surface area contributed by atoms with Crippen LogP contribution in [0.2, 0.25) is 0 Å². The van der Waals surface area contributed by atoms with Crippen LogP contribution >= 0.6 is 0 Å². The van der Waals surface area contributed by atoms with Crippen LogP contribution in [0.15, 0.2) is 22.8 Å². The van der Waals surface area contributed by atoms with Crippen LogP contribution in [0.1, 0.15) is 50.7 Å². The highest BCUT2D eigenvalue weighted by atomic mass is 16.3. The molecule has 2 saturated carbocycles. The third kappa shape index (κ3) is 4.08. The molecule has 1 N–H and O–H groups in total. The molecule has 19 heavy (non-hydrogen) atoms. The van der Waals surface area contributed by atoms with Gasteiger partial charge in [-0.25, -0.2) is 0 Å². The van der Waals surface area contributed by atoms with E-state index in [1.807, 2.05) is 6.07 Å². The summed E-state index contributed by atoms with van der Waals surface area (Å²) in [6.07, 6.45) is 11.4. The van der Waals surface area contributed by atoms with Gasteiger partial charge in [0.05, 0.1) is 12.8 Å². The molecule has 3 heteroatoms. The molecule has 0 aromatic carbocycles. The fourth-order valence-corrected chi connectivity index (χ4v) is 3.15. The van der Waals surface area contributed by atoms with Crippen molar-refractivity contribution in [2.75, 3.05) is 13.1 Å². The molecule has 3 nitrogen and oxygen atoms in total. The third-order valence-corrected chi connectivity index (χ3v) is 4.41. The van der Waals surface area contributed by atoms with E-state index >= 15 is 0 Å². The molecule has 0 saturated heterocycles. The minimum atomic E-state index is 0.805. The Labute approximate surface area is 116 Å². The molecule has 2 aliphatic rings. The molecule has 0 bridgehead atoms. The summed E-state index contributed by atoms with van der Waals surface area (Å²) in [4.78, 5) is 2.59. The summed E-state index contributed by atoms with van der Waals surface area (Å²) in [5, 5.41) is 3.71. The second-order valence-electron chi connectivity index (χ2n) is 6.07. The molecule has 0 radical (unpaired) electrons. The van der Waals surface area contributed by atoms with Crippen molar-refractivity contribution >= 4 is 0 Å². The standard InChI is InChI=1S/C16H26N2O/c1-2-6-14(5-1)17-10-4-11-18(15-8-9-15)13-16-7-3-12-19-16/h3,7,12,14-15,17H,1-2,4-6,8-11,13H2. The maximum absolute atomic E-state index is 5.47. The predicted octanol–water partition coefficient (Wildman–Crippen LogP) is 3.17. The molecule has 1 aromatic heterocycles. The third-order valence-electron chi connectivity index (χ3n) is 4.41. The van der Waals surface area contributed by atoms with Crippen LogP contribution in [0.25, 0.3) is 0 Å². The zero-order valence-electron chi connectivity index (χ0n) is 11.8. The number of hydrogen-bond donors (Lipinski definition) is 1. The van der Waals surface area contributed by atoms with Gasteiger partial charge in [0, 0.05) is 18.6 Å². The molecule has 0 atom stereocenters. The van der Waals surface area contributed by atoms with Gasteiger partial charge in [0.25, 0.3) is 0 Å². The Hall–Kier alpha value is -0.800. The van der Waals surface area contributed by atoms with Gasteiger partial charge < -0.3 is 9.73 Å². The first-order valence-electron chi connectivity index (χ1n) is 7.91. The number of rotatable bonds is 8. The molecule has 1 aromatic rings. The van der Waals surface area contributed by atoms with Gasteiger partial charge >= 0.3 is 0 Å². The van der Waals surface area contributed by atoms with Crippen molar-refractivity contribution < 1.29 is 4.42 Å². The first kappa shape index (κ1) is 13.2. The Kier molecular flexibility index (Phi) is 4.57. The molecule has 0 unspecified atom stereocenters. The van der Waals surface area contributed by atoms with Gasteiger partial charge in [0.1, 0.15) is 5.76 Å². The highest BCUT2D eigenvalue weighted by Gasteiger charge is 2.29. The monoisotopic (exact) mass is 262 g/mol. The summed E-state index contributed by atoms with van der Waals surface area (Å²) in [5.41, 5.74) is 0. The smallest absolute Gasteiger partial charge is 0.117 e. The molecule has 0 aliphatic heterocycles. The lowest BCUT2D eigenvalue weighted by atomic mass is 10.2. The van der Waals surface area contributed by atoms with E-state index in [1.54, 1.807) is 6.26 Å². The maximum atomic E-state index is 5.47. The molecule has 2 fully saturated rings. The van der Waals surface area contributed by atoms with Crippen molar-refractivity contribution in [2.45, 2.75) is 63.6 Å². The first-order valence-corrected chi connectivity index (χ1v) is 7.91. The van der Waals surface area contributed by atoms with Crippen LogP contribution in [0, 0.1) is 0 Å². The van der Waals surface area contributed by atoms with Crippen LogP contribution in [0.3, 0.4) is 0 Å². The Morgan fingerprint density at radius 3 is 2.74 bits per heavy atom. The fourth-order valence-electron chi connectivity index (χ4n) is 3.15. The molecule has 3 rings (SSSR count). The van der Waals surface area contributed by atoms with Crippen LogP contribution in [0.5, 0.6) is 0 Å². The van der Waals surface area contributed by atoms with Crippen molar-refractivity contribution in [3.8, 4) is 0 Å². The van der Waals surface area contributed by atoms with Gasteiger partial charge in [-0.2, -0.15) is 0 Å². The van der Waals surface area contributed by atoms with Crippen LogP contribution < -0.4 is 5.32 Å². The molecule has 0 amide bonds. The van der Waals surface area contributed by atoms with Gasteiger partial charge in [0.15, 0.2) is 0 Å². The van der Waals surface area contributed by atoms with Crippen molar-refractivity contribution in [1.29, 1.82) is 0 Å². The molecule has 106 valence electrons. The Morgan fingerprint density at radius 1 is 1.21 bits per heavy atom. The summed E-state index contributed by atoms with van der Waals surface area (Å²) in [6, 6.07) is 5.70. The topological polar surface area (TPSA) is 28.4 Å². The van der Waals surface area contributed by atoms with E-state index in [-0.39, 0.29) is 0 Å². The van der Waals surface area contributed by atoms with Crippen molar-refractivity contribution in [2.24, 2.45) is 0 Å². The van der Waals surface area contributed by atoms with Gasteiger partial charge in [-0.3, -0.25) is 4.90 Å². The van der Waals surface area contributed by atoms with Gasteiger partial charge in [0.2, 0.25) is 0 Å². The van der Waals surface area contributed by atoms with Crippen molar-refractivity contribution in [3.63, 3.8) is 0 Å². The average molecular weight is 262 g/mol. The zero-order valence-corrected chi connectivity index (χ0v) is 11.8. The lowest BCUT2D eigenvalue weighted by molar-refractivity contribution is 0.229. The van der Waals surface area contributed by atoms with Gasteiger partial charge in [-0.15, -0.1) is 0 Å². The SMILES string of the molecule is c1coc(CN(CCCNC2CCCC2)C2CC2)c1. The van der Waals surface area contributed by atoms with Crippen molar-refractivity contribution in [3.05, 3.63) is 24.2 Å². The van der Waals surface area contributed by atoms with Crippen LogP contribution in [0.4, 0.5) is 0 Å². The van der Waals surface area contributed by atoms with E-state index < -0.39 is 0 Å². The Bertz CT molecular complexity index is 353. The molecule has 2 aliphatic carbocycles. The summed E-state index contributed by atoms with van der Waals surface area (Å²) in [6.45, 7) is 3.36. The van der Waals surface area contributed by atoms with E-state index in [9.17, 15) is 0 Å². The maximum Gasteiger partial charge on any atom is 0.117 e. The average Bonchev–Trinajstić information content (AvgIpc) is 2.92. The lowest BCUT2D eigenvalue weighted by Gasteiger charge is -2.21. The van der Waals surface area contributed by atoms with E-state index in [1.165, 1.54) is 58.0 Å². The highest BCUT2D eigenvalue weighted by molar-refractivity contribution is 4.99.